The monoisotopic (exact) mass is 297 g/mol. The summed E-state index contributed by atoms with van der Waals surface area (Å²) < 4.78 is 5.35. The summed E-state index contributed by atoms with van der Waals surface area (Å²) in [5.74, 6) is -1.12. The van der Waals surface area contributed by atoms with Crippen LogP contribution in [0.2, 0.25) is 5.02 Å². The first kappa shape index (κ1) is 14.8. The van der Waals surface area contributed by atoms with E-state index in [-0.39, 0.29) is 18.9 Å². The highest BCUT2D eigenvalue weighted by atomic mass is 35.5. The summed E-state index contributed by atoms with van der Waals surface area (Å²) >= 11 is 6.09. The first-order chi connectivity index (χ1) is 9.47. The molecule has 1 aromatic rings. The molecule has 0 bridgehead atoms. The number of carboxylic acid groups (broad SMARTS) is 1. The lowest BCUT2D eigenvalue weighted by Gasteiger charge is -2.32. The molecule has 108 valence electrons. The van der Waals surface area contributed by atoms with Crippen LogP contribution < -0.4 is 0 Å². The summed E-state index contributed by atoms with van der Waals surface area (Å²) in [6.45, 7) is 2.96. The van der Waals surface area contributed by atoms with Gasteiger partial charge >= 0.3 is 5.97 Å². The van der Waals surface area contributed by atoms with Crippen molar-refractivity contribution in [2.45, 2.75) is 19.4 Å². The maximum atomic E-state index is 12.4. The molecule has 1 unspecified atom stereocenters. The van der Waals surface area contributed by atoms with Gasteiger partial charge in [-0.05, 0) is 24.6 Å². The molecule has 0 aromatic heterocycles. The summed E-state index contributed by atoms with van der Waals surface area (Å²) in [5.41, 5.74) is 1.42. The number of hydrogen-bond donors (Lipinski definition) is 1. The molecule has 1 saturated heterocycles. The number of morpholine rings is 1. The molecule has 0 spiro atoms. The van der Waals surface area contributed by atoms with Crippen LogP contribution in [0, 0.1) is 6.92 Å². The second kappa shape index (κ2) is 6.24. The Balaban J connectivity index is 2.10. The van der Waals surface area contributed by atoms with Crippen molar-refractivity contribution in [3.05, 3.63) is 34.3 Å². The molecule has 1 atom stereocenters. The van der Waals surface area contributed by atoms with Crippen LogP contribution in [0.5, 0.6) is 0 Å². The number of ether oxygens (including phenoxy) is 1. The van der Waals surface area contributed by atoms with E-state index >= 15 is 0 Å². The van der Waals surface area contributed by atoms with Gasteiger partial charge in [0.15, 0.2) is 0 Å². The quantitative estimate of drug-likeness (QED) is 0.926. The smallest absolute Gasteiger partial charge is 0.306 e. The van der Waals surface area contributed by atoms with E-state index in [1.165, 1.54) is 0 Å². The molecule has 1 aliphatic rings. The summed E-state index contributed by atoms with van der Waals surface area (Å²) in [7, 11) is 0. The van der Waals surface area contributed by atoms with E-state index in [2.05, 4.69) is 0 Å². The third kappa shape index (κ3) is 3.49. The number of halogens is 1. The van der Waals surface area contributed by atoms with E-state index in [1.807, 2.05) is 13.0 Å². The number of amides is 1. The molecule has 20 heavy (non-hydrogen) atoms. The number of aliphatic carboxylic acids is 1. The minimum atomic E-state index is -0.933. The van der Waals surface area contributed by atoms with Crippen LogP contribution in [0.4, 0.5) is 0 Å². The van der Waals surface area contributed by atoms with Gasteiger partial charge in [0.25, 0.3) is 5.91 Å². The third-order valence-corrected chi connectivity index (χ3v) is 3.50. The lowest BCUT2D eigenvalue weighted by molar-refractivity contribution is -0.141. The van der Waals surface area contributed by atoms with Gasteiger partial charge in [0, 0.05) is 13.1 Å². The molecule has 1 fully saturated rings. The second-order valence-corrected chi connectivity index (χ2v) is 5.23. The largest absolute Gasteiger partial charge is 0.481 e. The van der Waals surface area contributed by atoms with Crippen molar-refractivity contribution in [1.82, 2.24) is 4.90 Å². The van der Waals surface area contributed by atoms with Crippen molar-refractivity contribution in [1.29, 1.82) is 0 Å². The molecule has 0 saturated carbocycles. The molecule has 0 aliphatic carbocycles. The number of hydrogen-bond acceptors (Lipinski definition) is 3. The Morgan fingerprint density at radius 2 is 2.25 bits per heavy atom. The van der Waals surface area contributed by atoms with Crippen LogP contribution in [0.1, 0.15) is 22.3 Å². The molecule has 5 nitrogen and oxygen atoms in total. The zero-order chi connectivity index (χ0) is 14.7. The first-order valence-electron chi connectivity index (χ1n) is 6.36. The maximum absolute atomic E-state index is 12.4. The van der Waals surface area contributed by atoms with Gasteiger partial charge < -0.3 is 14.7 Å². The topological polar surface area (TPSA) is 66.8 Å². The van der Waals surface area contributed by atoms with Gasteiger partial charge in [-0.25, -0.2) is 0 Å². The summed E-state index contributed by atoms with van der Waals surface area (Å²) in [6.07, 6.45) is -0.569. The van der Waals surface area contributed by atoms with Crippen LogP contribution in [0.15, 0.2) is 18.2 Å². The minimum absolute atomic E-state index is 0.106. The lowest BCUT2D eigenvalue weighted by atomic mass is 10.1. The molecule has 1 aliphatic heterocycles. The SMILES string of the molecule is Cc1ccc(C(=O)N2CCOC(CC(=O)O)C2)c(Cl)c1. The van der Waals surface area contributed by atoms with Crippen LogP contribution in [0.25, 0.3) is 0 Å². The Labute approximate surface area is 122 Å². The number of carbonyl (C=O) groups is 2. The average Bonchev–Trinajstić information content (AvgIpc) is 2.37. The molecule has 2 rings (SSSR count). The zero-order valence-corrected chi connectivity index (χ0v) is 11.9. The molecule has 1 aromatic carbocycles. The number of carboxylic acids is 1. The van der Waals surface area contributed by atoms with Gasteiger partial charge in [-0.3, -0.25) is 9.59 Å². The van der Waals surface area contributed by atoms with Crippen molar-refractivity contribution in [2.24, 2.45) is 0 Å². The number of carbonyl (C=O) groups excluding carboxylic acids is 1. The van der Waals surface area contributed by atoms with E-state index < -0.39 is 12.1 Å². The van der Waals surface area contributed by atoms with Gasteiger partial charge in [0.2, 0.25) is 0 Å². The van der Waals surface area contributed by atoms with Crippen molar-refractivity contribution >= 4 is 23.5 Å². The highest BCUT2D eigenvalue weighted by molar-refractivity contribution is 6.33. The van der Waals surface area contributed by atoms with Crippen LogP contribution in [-0.4, -0.2) is 47.7 Å². The first-order valence-corrected chi connectivity index (χ1v) is 6.74. The highest BCUT2D eigenvalue weighted by Gasteiger charge is 2.27. The molecule has 1 heterocycles. The third-order valence-electron chi connectivity index (χ3n) is 3.18. The Morgan fingerprint density at radius 1 is 1.50 bits per heavy atom. The van der Waals surface area contributed by atoms with E-state index in [0.717, 1.165) is 5.56 Å². The van der Waals surface area contributed by atoms with Gasteiger partial charge in [-0.15, -0.1) is 0 Å². The zero-order valence-electron chi connectivity index (χ0n) is 11.1. The van der Waals surface area contributed by atoms with E-state index in [4.69, 9.17) is 21.4 Å². The molecule has 1 amide bonds. The molecule has 1 N–H and O–H groups in total. The van der Waals surface area contributed by atoms with Gasteiger partial charge in [-0.1, -0.05) is 17.7 Å². The van der Waals surface area contributed by atoms with Crippen molar-refractivity contribution in [3.8, 4) is 0 Å². The molecule has 0 radical (unpaired) electrons. The highest BCUT2D eigenvalue weighted by Crippen LogP contribution is 2.21. The predicted molar refractivity (Wildman–Crippen MR) is 74.1 cm³/mol. The van der Waals surface area contributed by atoms with E-state index in [0.29, 0.717) is 23.7 Å². The van der Waals surface area contributed by atoms with Gasteiger partial charge in [0.1, 0.15) is 0 Å². The Bertz CT molecular complexity index is 532. The second-order valence-electron chi connectivity index (χ2n) is 4.83. The van der Waals surface area contributed by atoms with Crippen LogP contribution in [-0.2, 0) is 9.53 Å². The fourth-order valence-electron chi connectivity index (χ4n) is 2.19. The van der Waals surface area contributed by atoms with Gasteiger partial charge in [-0.2, -0.15) is 0 Å². The Hall–Kier alpha value is -1.59. The normalized spacial score (nSPS) is 18.9. The average molecular weight is 298 g/mol. The van der Waals surface area contributed by atoms with Crippen LogP contribution in [0.3, 0.4) is 0 Å². The maximum Gasteiger partial charge on any atom is 0.306 e. The predicted octanol–water partition coefficient (Wildman–Crippen LogP) is 1.96. The van der Waals surface area contributed by atoms with E-state index in [9.17, 15) is 9.59 Å². The Kier molecular flexibility index (Phi) is 4.62. The lowest BCUT2D eigenvalue weighted by Crippen LogP contribution is -2.46. The fraction of sp³-hybridized carbons (Fsp3) is 0.429. The number of rotatable bonds is 3. The summed E-state index contributed by atoms with van der Waals surface area (Å²) in [5, 5.41) is 9.19. The van der Waals surface area contributed by atoms with Crippen LogP contribution >= 0.6 is 11.6 Å². The molecular weight excluding hydrogens is 282 g/mol. The van der Waals surface area contributed by atoms with Crippen molar-refractivity contribution in [2.75, 3.05) is 19.7 Å². The fourth-order valence-corrected chi connectivity index (χ4v) is 2.50. The Morgan fingerprint density at radius 3 is 2.90 bits per heavy atom. The number of aryl methyl sites for hydroxylation is 1. The van der Waals surface area contributed by atoms with Gasteiger partial charge in [0.05, 0.1) is 29.7 Å². The van der Waals surface area contributed by atoms with E-state index in [1.54, 1.807) is 17.0 Å². The number of benzene rings is 1. The summed E-state index contributed by atoms with van der Waals surface area (Å²) in [4.78, 5) is 24.7. The van der Waals surface area contributed by atoms with Crippen molar-refractivity contribution < 1.29 is 19.4 Å². The molecule has 6 heteroatoms. The summed E-state index contributed by atoms with van der Waals surface area (Å²) in [6, 6.07) is 5.26. The molecular formula is C14H16ClNO4. The number of nitrogens with zero attached hydrogens (tertiary/aromatic N) is 1. The standard InChI is InChI=1S/C14H16ClNO4/c1-9-2-3-11(12(15)6-9)14(19)16-4-5-20-10(8-16)7-13(17)18/h2-3,6,10H,4-5,7-8H2,1H3,(H,17,18). The minimum Gasteiger partial charge on any atom is -0.481 e. The van der Waals surface area contributed by atoms with Crippen molar-refractivity contribution in [3.63, 3.8) is 0 Å².